The highest BCUT2D eigenvalue weighted by Crippen LogP contribution is 2.14. The molecular formula is C6H12F3NO3S. The van der Waals surface area contributed by atoms with Crippen LogP contribution in [0.4, 0.5) is 13.2 Å². The number of alkyl halides is 3. The van der Waals surface area contributed by atoms with Crippen LogP contribution in [0, 0.1) is 0 Å². The van der Waals surface area contributed by atoms with Crippen LogP contribution in [-0.2, 0) is 14.8 Å². The van der Waals surface area contributed by atoms with Gasteiger partial charge in [0.2, 0.25) is 10.0 Å². The first-order valence-corrected chi connectivity index (χ1v) is 5.57. The number of unbranched alkanes of at least 4 members (excludes halogenated alkanes) is 1. The molecule has 0 atom stereocenters. The van der Waals surface area contributed by atoms with Gasteiger partial charge in [-0.25, -0.2) is 13.6 Å². The molecule has 0 amide bonds. The SMILES string of the molecule is NS(=O)(=O)CCCCOCC(F)(F)F. The highest BCUT2D eigenvalue weighted by Gasteiger charge is 2.27. The quantitative estimate of drug-likeness (QED) is 0.686. The van der Waals surface area contributed by atoms with Gasteiger partial charge in [0.1, 0.15) is 6.61 Å². The van der Waals surface area contributed by atoms with Crippen molar-refractivity contribution < 1.29 is 26.3 Å². The molecule has 0 saturated heterocycles. The van der Waals surface area contributed by atoms with Crippen molar-refractivity contribution in [3.8, 4) is 0 Å². The van der Waals surface area contributed by atoms with Crippen molar-refractivity contribution in [3.05, 3.63) is 0 Å². The van der Waals surface area contributed by atoms with E-state index in [2.05, 4.69) is 9.88 Å². The van der Waals surface area contributed by atoms with Gasteiger partial charge in [0.05, 0.1) is 5.75 Å². The Morgan fingerprint density at radius 2 is 1.79 bits per heavy atom. The highest BCUT2D eigenvalue weighted by atomic mass is 32.2. The van der Waals surface area contributed by atoms with E-state index in [0.717, 1.165) is 0 Å². The van der Waals surface area contributed by atoms with Gasteiger partial charge in [-0.15, -0.1) is 0 Å². The zero-order valence-electron chi connectivity index (χ0n) is 7.38. The molecule has 0 unspecified atom stereocenters. The van der Waals surface area contributed by atoms with Gasteiger partial charge in [-0.2, -0.15) is 13.2 Å². The van der Waals surface area contributed by atoms with Crippen LogP contribution in [0.5, 0.6) is 0 Å². The van der Waals surface area contributed by atoms with Crippen LogP contribution in [0.25, 0.3) is 0 Å². The van der Waals surface area contributed by atoms with Crippen molar-refractivity contribution in [1.29, 1.82) is 0 Å². The second kappa shape index (κ2) is 5.52. The van der Waals surface area contributed by atoms with Crippen molar-refractivity contribution in [2.75, 3.05) is 19.0 Å². The Hall–Kier alpha value is -0.340. The Morgan fingerprint density at radius 1 is 1.21 bits per heavy atom. The highest BCUT2D eigenvalue weighted by molar-refractivity contribution is 7.89. The molecule has 0 spiro atoms. The fourth-order valence-electron chi connectivity index (χ4n) is 0.695. The molecule has 0 aromatic carbocycles. The van der Waals surface area contributed by atoms with Crippen LogP contribution < -0.4 is 5.14 Å². The third-order valence-corrected chi connectivity index (χ3v) is 2.09. The van der Waals surface area contributed by atoms with Crippen LogP contribution in [0.1, 0.15) is 12.8 Å². The molecule has 14 heavy (non-hydrogen) atoms. The molecule has 2 N–H and O–H groups in total. The molecule has 0 heterocycles. The van der Waals surface area contributed by atoms with E-state index < -0.39 is 22.8 Å². The maximum atomic E-state index is 11.5. The summed E-state index contributed by atoms with van der Waals surface area (Å²) in [4.78, 5) is 0. The smallest absolute Gasteiger partial charge is 0.372 e. The number of sulfonamides is 1. The molecule has 86 valence electrons. The van der Waals surface area contributed by atoms with Crippen LogP contribution in [0.3, 0.4) is 0 Å². The lowest BCUT2D eigenvalue weighted by molar-refractivity contribution is -0.174. The lowest BCUT2D eigenvalue weighted by Crippen LogP contribution is -2.19. The maximum absolute atomic E-state index is 11.5. The van der Waals surface area contributed by atoms with Crippen LogP contribution in [0.2, 0.25) is 0 Å². The second-order valence-corrected chi connectivity index (χ2v) is 4.48. The van der Waals surface area contributed by atoms with Crippen molar-refractivity contribution in [3.63, 3.8) is 0 Å². The summed E-state index contributed by atoms with van der Waals surface area (Å²) in [7, 11) is -3.52. The fourth-order valence-corrected chi connectivity index (χ4v) is 1.30. The van der Waals surface area contributed by atoms with E-state index in [-0.39, 0.29) is 25.2 Å². The minimum Gasteiger partial charge on any atom is -0.372 e. The molecule has 4 nitrogen and oxygen atoms in total. The third kappa shape index (κ3) is 11.7. The topological polar surface area (TPSA) is 69.4 Å². The van der Waals surface area contributed by atoms with Crippen LogP contribution in [0.15, 0.2) is 0 Å². The maximum Gasteiger partial charge on any atom is 0.411 e. The van der Waals surface area contributed by atoms with Gasteiger partial charge >= 0.3 is 6.18 Å². The van der Waals surface area contributed by atoms with Gasteiger partial charge in [0.25, 0.3) is 0 Å². The van der Waals surface area contributed by atoms with Crippen molar-refractivity contribution in [2.24, 2.45) is 5.14 Å². The molecule has 0 radical (unpaired) electrons. The minimum absolute atomic E-state index is 0.116. The first-order valence-electron chi connectivity index (χ1n) is 3.86. The molecule has 0 aliphatic rings. The standard InChI is InChI=1S/C6H12F3NO3S/c7-6(8,9)5-13-3-1-2-4-14(10,11)12/h1-5H2,(H2,10,11,12). The lowest BCUT2D eigenvalue weighted by atomic mass is 10.4. The van der Waals surface area contributed by atoms with E-state index in [1.165, 1.54) is 0 Å². The number of primary sulfonamides is 1. The van der Waals surface area contributed by atoms with Gasteiger partial charge in [0.15, 0.2) is 0 Å². The Balaban J connectivity index is 3.32. The molecule has 0 saturated carbocycles. The molecular weight excluding hydrogens is 223 g/mol. The summed E-state index contributed by atoms with van der Waals surface area (Å²) in [6.45, 7) is -1.42. The molecule has 0 aliphatic carbocycles. The van der Waals surface area contributed by atoms with Gasteiger partial charge in [-0.1, -0.05) is 0 Å². The monoisotopic (exact) mass is 235 g/mol. The lowest BCUT2D eigenvalue weighted by Gasteiger charge is -2.06. The van der Waals surface area contributed by atoms with Gasteiger partial charge in [-0.3, -0.25) is 0 Å². The summed E-state index contributed by atoms with van der Waals surface area (Å²) in [6.07, 6.45) is -3.89. The van der Waals surface area contributed by atoms with Crippen molar-refractivity contribution in [2.45, 2.75) is 19.0 Å². The number of ether oxygens (including phenoxy) is 1. The van der Waals surface area contributed by atoms with E-state index >= 15 is 0 Å². The number of nitrogens with two attached hydrogens (primary N) is 1. The van der Waals surface area contributed by atoms with Crippen molar-refractivity contribution >= 4 is 10.0 Å². The summed E-state index contributed by atoms with van der Waals surface area (Å²) in [5, 5.41) is 4.67. The van der Waals surface area contributed by atoms with Crippen LogP contribution in [-0.4, -0.2) is 33.6 Å². The van der Waals surface area contributed by atoms with Gasteiger partial charge < -0.3 is 4.74 Å². The van der Waals surface area contributed by atoms with E-state index in [1.807, 2.05) is 0 Å². The average molecular weight is 235 g/mol. The fraction of sp³-hybridized carbons (Fsp3) is 1.00. The molecule has 0 aromatic rings. The summed E-state index contributed by atoms with van der Waals surface area (Å²) in [5.41, 5.74) is 0. The first kappa shape index (κ1) is 13.7. The molecule has 0 bridgehead atoms. The predicted molar refractivity (Wildman–Crippen MR) is 44.1 cm³/mol. The Labute approximate surface area is 80.3 Å². The van der Waals surface area contributed by atoms with E-state index in [4.69, 9.17) is 0 Å². The summed E-state index contributed by atoms with van der Waals surface area (Å²) < 4.78 is 59.6. The number of halogens is 3. The first-order chi connectivity index (χ1) is 6.21. The second-order valence-electron chi connectivity index (χ2n) is 2.74. The summed E-state index contributed by atoms with van der Waals surface area (Å²) >= 11 is 0. The van der Waals surface area contributed by atoms with Gasteiger partial charge in [-0.05, 0) is 12.8 Å². The molecule has 0 fully saturated rings. The van der Waals surface area contributed by atoms with Gasteiger partial charge in [0, 0.05) is 6.61 Å². The zero-order valence-corrected chi connectivity index (χ0v) is 8.20. The van der Waals surface area contributed by atoms with E-state index in [1.54, 1.807) is 0 Å². The predicted octanol–water partition coefficient (Wildman–Crippen LogP) is 0.634. The van der Waals surface area contributed by atoms with E-state index in [0.29, 0.717) is 0 Å². The Kier molecular flexibility index (Phi) is 5.38. The molecule has 0 rings (SSSR count). The normalized spacial score (nSPS) is 13.1. The number of rotatable bonds is 6. The Bertz CT molecular complexity index is 250. The Morgan fingerprint density at radius 3 is 2.21 bits per heavy atom. The largest absolute Gasteiger partial charge is 0.411 e. The summed E-state index contributed by atoms with van der Waals surface area (Å²) in [5.74, 6) is -0.234. The zero-order chi connectivity index (χ0) is 11.2. The molecule has 8 heteroatoms. The average Bonchev–Trinajstić information content (AvgIpc) is 1.92. The van der Waals surface area contributed by atoms with E-state index in [9.17, 15) is 21.6 Å². The number of hydrogen-bond acceptors (Lipinski definition) is 3. The third-order valence-electron chi connectivity index (χ3n) is 1.23. The van der Waals surface area contributed by atoms with Crippen LogP contribution >= 0.6 is 0 Å². The summed E-state index contributed by atoms with van der Waals surface area (Å²) in [6, 6.07) is 0. The van der Waals surface area contributed by atoms with Crippen molar-refractivity contribution in [1.82, 2.24) is 0 Å². The molecule has 0 aliphatic heterocycles. The minimum atomic E-state index is -4.33. The molecule has 0 aromatic heterocycles. The number of hydrogen-bond donors (Lipinski definition) is 1.